The average molecular weight is 591 g/mol. The Labute approximate surface area is 250 Å². The lowest BCUT2D eigenvalue weighted by molar-refractivity contribution is -0.120. The van der Waals surface area contributed by atoms with Crippen LogP contribution >= 0.6 is 0 Å². The highest BCUT2D eigenvalue weighted by molar-refractivity contribution is 6.06. The van der Waals surface area contributed by atoms with Crippen LogP contribution in [0.1, 0.15) is 46.2 Å². The van der Waals surface area contributed by atoms with Crippen molar-refractivity contribution in [3.05, 3.63) is 76.0 Å². The van der Waals surface area contributed by atoms with E-state index in [1.54, 1.807) is 65.4 Å². The summed E-state index contributed by atoms with van der Waals surface area (Å²) in [5.41, 5.74) is 0.710. The molecule has 2 atom stereocenters. The number of hydrogen-bond donors (Lipinski definition) is 2. The quantitative estimate of drug-likeness (QED) is 0.369. The van der Waals surface area contributed by atoms with Crippen molar-refractivity contribution in [3.8, 4) is 5.69 Å². The van der Waals surface area contributed by atoms with Crippen molar-refractivity contribution < 1.29 is 19.1 Å². The van der Waals surface area contributed by atoms with Crippen molar-refractivity contribution >= 4 is 30.2 Å². The fourth-order valence-corrected chi connectivity index (χ4v) is 4.42. The molecule has 43 heavy (non-hydrogen) atoms. The maximum Gasteiger partial charge on any atom is 0.415 e. The van der Waals surface area contributed by atoms with Gasteiger partial charge in [-0.2, -0.15) is 10.1 Å². The summed E-state index contributed by atoms with van der Waals surface area (Å²) in [5.74, 6) is 0.104. The van der Waals surface area contributed by atoms with Crippen LogP contribution in [0.3, 0.4) is 0 Å². The SMILES string of the molecule is C=NN1C(N(C)C(=O)OC(C)(C)C)=CC(Nc2cccn(-c3ccc(C)nc3)c2=O)=N/C1=C(/C)C(=O)NC1CC[C@@H]1OC. The summed E-state index contributed by atoms with van der Waals surface area (Å²) in [6.45, 7) is 12.4. The van der Waals surface area contributed by atoms with E-state index < -0.39 is 11.7 Å². The number of nitrogens with zero attached hydrogens (tertiary/aromatic N) is 6. The largest absolute Gasteiger partial charge is 0.443 e. The second-order valence-corrected chi connectivity index (χ2v) is 11.3. The molecule has 13 heteroatoms. The Bertz CT molecular complexity index is 1550. The summed E-state index contributed by atoms with van der Waals surface area (Å²) < 4.78 is 12.4. The molecule has 3 heterocycles. The molecule has 1 aliphatic carbocycles. The van der Waals surface area contributed by atoms with E-state index in [1.807, 2.05) is 13.0 Å². The normalized spacial score (nSPS) is 19.4. The van der Waals surface area contributed by atoms with Crippen LogP contribution in [-0.2, 0) is 14.3 Å². The van der Waals surface area contributed by atoms with E-state index in [1.165, 1.54) is 27.6 Å². The van der Waals surface area contributed by atoms with E-state index in [2.05, 4.69) is 32.4 Å². The lowest BCUT2D eigenvalue weighted by Gasteiger charge is -2.36. The Kier molecular flexibility index (Phi) is 9.14. The fourth-order valence-electron chi connectivity index (χ4n) is 4.42. The number of rotatable bonds is 7. The molecule has 1 fully saturated rings. The molecule has 13 nitrogen and oxygen atoms in total. The van der Waals surface area contributed by atoms with Gasteiger partial charge in [-0.25, -0.2) is 9.79 Å². The predicted octanol–water partition coefficient (Wildman–Crippen LogP) is 3.52. The third kappa shape index (κ3) is 7.00. The lowest BCUT2D eigenvalue weighted by Crippen LogP contribution is -2.51. The molecule has 0 aromatic carbocycles. The smallest absolute Gasteiger partial charge is 0.415 e. The van der Waals surface area contributed by atoms with E-state index in [-0.39, 0.29) is 52.4 Å². The summed E-state index contributed by atoms with van der Waals surface area (Å²) in [6.07, 6.45) is 5.67. The standard InChI is InChI=1S/C30H38N8O5/c1-18-11-12-20(17-32-18)37-15-9-10-22(28(37)40)33-24-16-25(36(7)29(41)43-30(3,4)5)38(31-6)26(35-24)19(2)27(39)34-21-13-14-23(21)42-8/h9-12,15-17,21,23H,6,13-14H2,1-5,7-8H3,(H,33,35)(H,34,39)/b26-19+/t21?,23-/m0/s1. The van der Waals surface area contributed by atoms with Gasteiger partial charge in [-0.3, -0.25) is 24.0 Å². The molecule has 2 N–H and O–H groups in total. The van der Waals surface area contributed by atoms with Gasteiger partial charge in [-0.1, -0.05) is 0 Å². The van der Waals surface area contributed by atoms with Crippen LogP contribution in [0.15, 0.2) is 74.8 Å². The number of aliphatic imine (C=N–C) groups is 1. The molecule has 0 bridgehead atoms. The zero-order valence-corrected chi connectivity index (χ0v) is 25.5. The van der Waals surface area contributed by atoms with Crippen LogP contribution in [0, 0.1) is 6.92 Å². The van der Waals surface area contributed by atoms with Crippen LogP contribution in [0.25, 0.3) is 5.69 Å². The predicted molar refractivity (Wildman–Crippen MR) is 164 cm³/mol. The number of amidine groups is 1. The molecule has 0 spiro atoms. The van der Waals surface area contributed by atoms with Crippen LogP contribution in [0.2, 0.25) is 0 Å². The van der Waals surface area contributed by atoms with E-state index in [0.29, 0.717) is 5.69 Å². The molecule has 1 aliphatic heterocycles. The van der Waals surface area contributed by atoms with E-state index >= 15 is 0 Å². The van der Waals surface area contributed by atoms with Crippen molar-refractivity contribution in [2.24, 2.45) is 10.1 Å². The number of hydrogen-bond acceptors (Lipinski definition) is 10. The first-order valence-corrected chi connectivity index (χ1v) is 13.8. The van der Waals surface area contributed by atoms with Crippen molar-refractivity contribution in [3.63, 3.8) is 0 Å². The lowest BCUT2D eigenvalue weighted by atomic mass is 9.89. The number of carbonyl (C=O) groups is 2. The molecule has 2 aromatic rings. The molecule has 2 aromatic heterocycles. The summed E-state index contributed by atoms with van der Waals surface area (Å²) in [6, 6.07) is 6.79. The number of nitrogens with one attached hydrogen (secondary N) is 2. The zero-order valence-electron chi connectivity index (χ0n) is 25.5. The second kappa shape index (κ2) is 12.6. The van der Waals surface area contributed by atoms with Gasteiger partial charge in [0.05, 0.1) is 29.6 Å². The van der Waals surface area contributed by atoms with Crippen LogP contribution < -0.4 is 16.2 Å². The molecule has 0 radical (unpaired) electrons. The van der Waals surface area contributed by atoms with Gasteiger partial charge in [0, 0.05) is 38.8 Å². The van der Waals surface area contributed by atoms with E-state index in [4.69, 9.17) is 9.47 Å². The highest BCUT2D eigenvalue weighted by Crippen LogP contribution is 2.28. The van der Waals surface area contributed by atoms with Gasteiger partial charge in [-0.05, 0) is 71.7 Å². The van der Waals surface area contributed by atoms with Crippen molar-refractivity contribution in [2.75, 3.05) is 19.5 Å². The monoisotopic (exact) mass is 590 g/mol. The van der Waals surface area contributed by atoms with E-state index in [9.17, 15) is 14.4 Å². The Morgan fingerprint density at radius 1 is 1.21 bits per heavy atom. The molecular weight excluding hydrogens is 552 g/mol. The third-order valence-electron chi connectivity index (χ3n) is 6.95. The Hall–Kier alpha value is -4.78. The van der Waals surface area contributed by atoms with Gasteiger partial charge in [0.15, 0.2) is 5.82 Å². The maximum absolute atomic E-state index is 13.5. The van der Waals surface area contributed by atoms with Gasteiger partial charge in [0.1, 0.15) is 22.9 Å². The molecule has 0 saturated heterocycles. The van der Waals surface area contributed by atoms with Gasteiger partial charge < -0.3 is 20.1 Å². The van der Waals surface area contributed by atoms with Gasteiger partial charge >= 0.3 is 6.09 Å². The minimum absolute atomic E-state index is 0.0693. The first kappa shape index (κ1) is 31.2. The topological polar surface area (TPSA) is 143 Å². The second-order valence-electron chi connectivity index (χ2n) is 11.3. The van der Waals surface area contributed by atoms with Crippen molar-refractivity contribution in [1.29, 1.82) is 0 Å². The third-order valence-corrected chi connectivity index (χ3v) is 6.95. The number of hydrazone groups is 1. The minimum Gasteiger partial charge on any atom is -0.443 e. The van der Waals surface area contributed by atoms with Crippen molar-refractivity contribution in [1.82, 2.24) is 24.8 Å². The number of ether oxygens (including phenoxy) is 2. The van der Waals surface area contributed by atoms with Crippen LogP contribution in [-0.4, -0.2) is 75.9 Å². The Balaban J connectivity index is 1.75. The number of aromatic nitrogens is 2. The number of anilines is 1. The number of aryl methyl sites for hydroxylation is 1. The van der Waals surface area contributed by atoms with Crippen LogP contribution in [0.4, 0.5) is 10.5 Å². The first-order valence-electron chi connectivity index (χ1n) is 13.8. The Morgan fingerprint density at radius 2 is 1.95 bits per heavy atom. The first-order chi connectivity index (χ1) is 20.3. The fraction of sp³-hybridized carbons (Fsp3) is 0.400. The Morgan fingerprint density at radius 3 is 2.53 bits per heavy atom. The van der Waals surface area contributed by atoms with Gasteiger partial charge in [-0.15, -0.1) is 0 Å². The summed E-state index contributed by atoms with van der Waals surface area (Å²) in [4.78, 5) is 50.0. The molecular formula is C30H38N8O5. The molecule has 228 valence electrons. The summed E-state index contributed by atoms with van der Waals surface area (Å²) >= 11 is 0. The zero-order chi connectivity index (χ0) is 31.5. The van der Waals surface area contributed by atoms with Crippen LogP contribution in [0.5, 0.6) is 0 Å². The number of methoxy groups -OCH3 is 1. The number of amides is 2. The minimum atomic E-state index is -0.767. The molecule has 4 rings (SSSR count). The number of pyridine rings is 2. The molecule has 1 unspecified atom stereocenters. The van der Waals surface area contributed by atoms with Gasteiger partial charge in [0.25, 0.3) is 11.5 Å². The number of carbonyl (C=O) groups excluding carboxylic acids is 2. The highest BCUT2D eigenvalue weighted by Gasteiger charge is 2.35. The summed E-state index contributed by atoms with van der Waals surface area (Å²) in [7, 11) is 3.11. The van der Waals surface area contributed by atoms with Crippen molar-refractivity contribution in [2.45, 2.75) is 65.2 Å². The van der Waals surface area contributed by atoms with E-state index in [0.717, 1.165) is 18.5 Å². The maximum atomic E-state index is 13.5. The van der Waals surface area contributed by atoms with Gasteiger partial charge in [0.2, 0.25) is 0 Å². The highest BCUT2D eigenvalue weighted by atomic mass is 16.6. The molecule has 2 amide bonds. The molecule has 2 aliphatic rings. The summed E-state index contributed by atoms with van der Waals surface area (Å²) in [5, 5.41) is 11.4. The molecule has 1 saturated carbocycles. The average Bonchev–Trinajstić information content (AvgIpc) is 2.95.